The van der Waals surface area contributed by atoms with Gasteiger partial charge in [0.2, 0.25) is 5.91 Å². The summed E-state index contributed by atoms with van der Waals surface area (Å²) < 4.78 is 5.12. The molecule has 0 saturated carbocycles. The minimum absolute atomic E-state index is 0.0658. The van der Waals surface area contributed by atoms with Gasteiger partial charge < -0.3 is 4.74 Å². The lowest BCUT2D eigenvalue weighted by Crippen LogP contribution is -2.30. The number of hydrogen-bond donors (Lipinski definition) is 0. The van der Waals surface area contributed by atoms with Crippen molar-refractivity contribution in [2.75, 3.05) is 18.6 Å². The molecule has 5 heteroatoms. The molecule has 5 nitrogen and oxygen atoms in total. The summed E-state index contributed by atoms with van der Waals surface area (Å²) in [4.78, 5) is 30.1. The Morgan fingerprint density at radius 1 is 1.04 bits per heavy atom. The molecule has 0 aromatic heterocycles. The predicted molar refractivity (Wildman–Crippen MR) is 92.6 cm³/mol. The van der Waals surface area contributed by atoms with Crippen molar-refractivity contribution in [3.05, 3.63) is 60.2 Å². The summed E-state index contributed by atoms with van der Waals surface area (Å²) in [5, 5.41) is 0. The fourth-order valence-electron chi connectivity index (χ4n) is 2.61. The number of imide groups is 1. The second-order valence-electron chi connectivity index (χ2n) is 5.47. The van der Waals surface area contributed by atoms with Crippen molar-refractivity contribution in [1.82, 2.24) is 0 Å². The molecule has 2 amide bonds. The van der Waals surface area contributed by atoms with E-state index in [0.29, 0.717) is 24.4 Å². The lowest BCUT2D eigenvalue weighted by molar-refractivity contribution is -0.120. The number of rotatable bonds is 5. The zero-order chi connectivity index (χ0) is 16.9. The van der Waals surface area contributed by atoms with Crippen molar-refractivity contribution in [1.29, 1.82) is 0 Å². The second kappa shape index (κ2) is 7.08. The molecule has 3 rings (SSSR count). The summed E-state index contributed by atoms with van der Waals surface area (Å²) in [5.41, 5.74) is 2.03. The van der Waals surface area contributed by atoms with Crippen molar-refractivity contribution >= 4 is 23.2 Å². The predicted octanol–water partition coefficient (Wildman–Crippen LogP) is 2.64. The van der Waals surface area contributed by atoms with Crippen LogP contribution < -0.4 is 9.64 Å². The van der Waals surface area contributed by atoms with Crippen LogP contribution in [0.15, 0.2) is 59.6 Å². The van der Waals surface area contributed by atoms with Gasteiger partial charge in [0.05, 0.1) is 19.2 Å². The van der Waals surface area contributed by atoms with Crippen molar-refractivity contribution in [2.45, 2.75) is 12.8 Å². The molecule has 24 heavy (non-hydrogen) atoms. The molecule has 1 aliphatic rings. The van der Waals surface area contributed by atoms with Crippen LogP contribution in [0, 0.1) is 0 Å². The molecule has 2 aromatic carbocycles. The SMILES string of the molecule is COc1ccc(CCN=C2CC(=O)N(c3ccccc3)C2=O)cc1. The number of amides is 2. The monoisotopic (exact) mass is 322 g/mol. The lowest BCUT2D eigenvalue weighted by atomic mass is 10.1. The number of nitrogens with zero attached hydrogens (tertiary/aromatic N) is 2. The Morgan fingerprint density at radius 3 is 2.42 bits per heavy atom. The van der Waals surface area contributed by atoms with Gasteiger partial charge in [0.1, 0.15) is 11.5 Å². The van der Waals surface area contributed by atoms with Gasteiger partial charge >= 0.3 is 0 Å². The van der Waals surface area contributed by atoms with Crippen LogP contribution in [0.3, 0.4) is 0 Å². The standard InChI is InChI=1S/C19H18N2O3/c1-24-16-9-7-14(8-10-16)11-12-20-17-13-18(22)21(19(17)23)15-5-3-2-4-6-15/h2-10H,11-13H2,1H3. The molecule has 1 aliphatic heterocycles. The molecule has 0 bridgehead atoms. The van der Waals surface area contributed by atoms with Gasteiger partial charge in [-0.05, 0) is 36.2 Å². The topological polar surface area (TPSA) is 59.0 Å². The molecule has 0 radical (unpaired) electrons. The zero-order valence-electron chi connectivity index (χ0n) is 13.4. The first-order valence-electron chi connectivity index (χ1n) is 7.77. The molecule has 0 atom stereocenters. The highest BCUT2D eigenvalue weighted by molar-refractivity contribution is 6.56. The van der Waals surface area contributed by atoms with Crippen LogP contribution in [0.25, 0.3) is 0 Å². The summed E-state index contributed by atoms with van der Waals surface area (Å²) in [6.45, 7) is 0.476. The second-order valence-corrected chi connectivity index (χ2v) is 5.47. The van der Waals surface area contributed by atoms with E-state index in [2.05, 4.69) is 4.99 Å². The molecule has 2 aromatic rings. The van der Waals surface area contributed by atoms with Crippen molar-refractivity contribution in [3.8, 4) is 5.75 Å². The fraction of sp³-hybridized carbons (Fsp3) is 0.211. The normalized spacial score (nSPS) is 16.0. The number of anilines is 1. The molecule has 1 fully saturated rings. The summed E-state index contributed by atoms with van der Waals surface area (Å²) in [6, 6.07) is 16.7. The van der Waals surface area contributed by atoms with E-state index in [9.17, 15) is 9.59 Å². The first-order chi connectivity index (χ1) is 11.7. The quantitative estimate of drug-likeness (QED) is 0.795. The zero-order valence-corrected chi connectivity index (χ0v) is 13.4. The molecule has 122 valence electrons. The molecular weight excluding hydrogens is 304 g/mol. The largest absolute Gasteiger partial charge is 0.497 e. The maximum Gasteiger partial charge on any atom is 0.279 e. The molecule has 0 aliphatic carbocycles. The minimum atomic E-state index is -0.319. The third-order valence-electron chi connectivity index (χ3n) is 3.89. The Morgan fingerprint density at radius 2 is 1.75 bits per heavy atom. The van der Waals surface area contributed by atoms with Crippen LogP contribution >= 0.6 is 0 Å². The molecular formula is C19H18N2O3. The Hall–Kier alpha value is -2.95. The third-order valence-corrected chi connectivity index (χ3v) is 3.89. The molecule has 1 heterocycles. The summed E-state index contributed by atoms with van der Waals surface area (Å²) in [5.74, 6) is 0.260. The van der Waals surface area contributed by atoms with E-state index < -0.39 is 0 Å². The number of benzene rings is 2. The average Bonchev–Trinajstić information content (AvgIpc) is 2.90. The number of ether oxygens (including phenoxy) is 1. The van der Waals surface area contributed by atoms with E-state index in [0.717, 1.165) is 11.3 Å². The van der Waals surface area contributed by atoms with Crippen molar-refractivity contribution in [3.63, 3.8) is 0 Å². The van der Waals surface area contributed by atoms with E-state index in [1.807, 2.05) is 30.3 Å². The van der Waals surface area contributed by atoms with Crippen molar-refractivity contribution < 1.29 is 14.3 Å². The lowest BCUT2D eigenvalue weighted by Gasteiger charge is -2.12. The van der Waals surface area contributed by atoms with Crippen molar-refractivity contribution in [2.24, 2.45) is 4.99 Å². The summed E-state index contributed by atoms with van der Waals surface area (Å²) in [6.07, 6.45) is 0.774. The number of methoxy groups -OCH3 is 1. The van der Waals surface area contributed by atoms with E-state index in [-0.39, 0.29) is 18.2 Å². The van der Waals surface area contributed by atoms with Gasteiger partial charge in [-0.1, -0.05) is 30.3 Å². The van der Waals surface area contributed by atoms with E-state index in [1.165, 1.54) is 4.90 Å². The van der Waals surface area contributed by atoms with Crippen LogP contribution in [-0.2, 0) is 16.0 Å². The van der Waals surface area contributed by atoms with Crippen LogP contribution in [0.4, 0.5) is 5.69 Å². The number of carbonyl (C=O) groups is 2. The Bertz CT molecular complexity index is 767. The van der Waals surface area contributed by atoms with E-state index >= 15 is 0 Å². The Balaban J connectivity index is 1.65. The Kier molecular flexibility index (Phi) is 4.70. The molecule has 0 unspecified atom stereocenters. The summed E-state index contributed by atoms with van der Waals surface area (Å²) >= 11 is 0. The Labute approximate surface area is 140 Å². The third kappa shape index (κ3) is 3.35. The number of para-hydroxylation sites is 1. The van der Waals surface area contributed by atoms with Gasteiger partial charge in [0, 0.05) is 6.54 Å². The highest BCUT2D eigenvalue weighted by Crippen LogP contribution is 2.21. The minimum Gasteiger partial charge on any atom is -0.497 e. The first kappa shape index (κ1) is 15.9. The van der Waals surface area contributed by atoms with Gasteiger partial charge in [-0.2, -0.15) is 0 Å². The highest BCUT2D eigenvalue weighted by atomic mass is 16.5. The number of aliphatic imine (C=N–C) groups is 1. The average molecular weight is 322 g/mol. The number of carbonyl (C=O) groups excluding carboxylic acids is 2. The van der Waals surface area contributed by atoms with Gasteiger partial charge in [-0.15, -0.1) is 0 Å². The highest BCUT2D eigenvalue weighted by Gasteiger charge is 2.36. The fourth-order valence-corrected chi connectivity index (χ4v) is 2.61. The van der Waals surface area contributed by atoms with E-state index in [1.54, 1.807) is 31.4 Å². The van der Waals surface area contributed by atoms with Gasteiger partial charge in [-0.25, -0.2) is 4.90 Å². The number of hydrogen-bond acceptors (Lipinski definition) is 4. The summed E-state index contributed by atoms with van der Waals surface area (Å²) in [7, 11) is 1.63. The smallest absolute Gasteiger partial charge is 0.279 e. The van der Waals surface area contributed by atoms with Crippen LogP contribution in [0.2, 0.25) is 0 Å². The molecule has 0 spiro atoms. The molecule has 0 N–H and O–H groups in total. The van der Waals surface area contributed by atoms with Crippen LogP contribution in [0.1, 0.15) is 12.0 Å². The molecule has 1 saturated heterocycles. The first-order valence-corrected chi connectivity index (χ1v) is 7.77. The van der Waals surface area contributed by atoms with Gasteiger partial charge in [0.15, 0.2) is 0 Å². The van der Waals surface area contributed by atoms with E-state index in [4.69, 9.17) is 4.74 Å². The van der Waals surface area contributed by atoms with Crippen LogP contribution in [0.5, 0.6) is 5.75 Å². The van der Waals surface area contributed by atoms with Crippen LogP contribution in [-0.4, -0.2) is 31.2 Å². The maximum absolute atomic E-state index is 12.4. The van der Waals surface area contributed by atoms with Gasteiger partial charge in [0.25, 0.3) is 5.91 Å². The van der Waals surface area contributed by atoms with Gasteiger partial charge in [-0.3, -0.25) is 14.6 Å². The maximum atomic E-state index is 12.4.